The van der Waals surface area contributed by atoms with Crippen LogP contribution >= 0.6 is 0 Å². The van der Waals surface area contributed by atoms with Crippen molar-refractivity contribution in [3.05, 3.63) is 94.3 Å². The molecule has 0 aliphatic carbocycles. The summed E-state index contributed by atoms with van der Waals surface area (Å²) >= 11 is 0. The smallest absolute Gasteiger partial charge is 0.336 e. The lowest BCUT2D eigenvalue weighted by Gasteiger charge is -2.13. The molecule has 0 atom stereocenters. The van der Waals surface area contributed by atoms with Crippen LogP contribution in [0.2, 0.25) is 0 Å². The van der Waals surface area contributed by atoms with Gasteiger partial charge in [-0.05, 0) is 48.7 Å². The lowest BCUT2D eigenvalue weighted by Crippen LogP contribution is -2.20. The number of rotatable bonds is 5. The van der Waals surface area contributed by atoms with Gasteiger partial charge in [-0.1, -0.05) is 48.5 Å². The second-order valence-corrected chi connectivity index (χ2v) is 7.06. The zero-order chi connectivity index (χ0) is 21.1. The third kappa shape index (κ3) is 3.96. The Balaban J connectivity index is 1.60. The second-order valence-electron chi connectivity index (χ2n) is 7.06. The average Bonchev–Trinajstić information content (AvgIpc) is 2.75. The van der Waals surface area contributed by atoms with Crippen LogP contribution < -0.4 is 15.7 Å². The van der Waals surface area contributed by atoms with Gasteiger partial charge in [-0.15, -0.1) is 0 Å². The zero-order valence-electron chi connectivity index (χ0n) is 16.8. The lowest BCUT2D eigenvalue weighted by atomic mass is 10.0. The molecule has 30 heavy (non-hydrogen) atoms. The van der Waals surface area contributed by atoms with E-state index >= 15 is 0 Å². The molecular formula is C25H21NO4. The first-order valence-corrected chi connectivity index (χ1v) is 9.64. The van der Waals surface area contributed by atoms with Gasteiger partial charge in [0.25, 0.3) is 5.91 Å². The van der Waals surface area contributed by atoms with Crippen molar-refractivity contribution in [3.63, 3.8) is 0 Å². The van der Waals surface area contributed by atoms with Crippen molar-refractivity contribution in [2.75, 3.05) is 11.9 Å². The maximum absolute atomic E-state index is 12.3. The van der Waals surface area contributed by atoms with E-state index < -0.39 is 5.63 Å². The summed E-state index contributed by atoms with van der Waals surface area (Å²) in [7, 11) is 0. The largest absolute Gasteiger partial charge is 0.483 e. The van der Waals surface area contributed by atoms with E-state index in [-0.39, 0.29) is 12.5 Å². The fraction of sp³-hybridized carbons (Fsp3) is 0.120. The summed E-state index contributed by atoms with van der Waals surface area (Å²) < 4.78 is 11.2. The van der Waals surface area contributed by atoms with Crippen LogP contribution in [0.25, 0.3) is 22.1 Å². The third-order valence-electron chi connectivity index (χ3n) is 4.97. The number of carbonyl (C=O) groups is 1. The van der Waals surface area contributed by atoms with E-state index in [1.165, 1.54) is 6.07 Å². The Kier molecular flexibility index (Phi) is 5.35. The molecule has 0 saturated heterocycles. The summed E-state index contributed by atoms with van der Waals surface area (Å²) in [5.74, 6) is 0.235. The summed E-state index contributed by atoms with van der Waals surface area (Å²) in [6.45, 7) is 3.59. The molecule has 0 unspecified atom stereocenters. The van der Waals surface area contributed by atoms with E-state index in [0.717, 1.165) is 27.8 Å². The minimum absolute atomic E-state index is 0.150. The molecule has 3 aromatic carbocycles. The Morgan fingerprint density at radius 1 is 0.967 bits per heavy atom. The van der Waals surface area contributed by atoms with Crippen LogP contribution in [0.3, 0.4) is 0 Å². The zero-order valence-corrected chi connectivity index (χ0v) is 16.8. The average molecular weight is 399 g/mol. The van der Waals surface area contributed by atoms with Crippen molar-refractivity contribution in [1.82, 2.24) is 0 Å². The van der Waals surface area contributed by atoms with Gasteiger partial charge in [-0.25, -0.2) is 4.79 Å². The summed E-state index contributed by atoms with van der Waals surface area (Å²) in [6, 6.07) is 22.4. The quantitative estimate of drug-likeness (QED) is 0.475. The van der Waals surface area contributed by atoms with Gasteiger partial charge in [0.1, 0.15) is 11.3 Å². The predicted molar refractivity (Wildman–Crippen MR) is 118 cm³/mol. The molecular weight excluding hydrogens is 378 g/mol. The third-order valence-corrected chi connectivity index (χ3v) is 4.97. The van der Waals surface area contributed by atoms with Crippen LogP contribution in [0, 0.1) is 13.8 Å². The molecule has 0 spiro atoms. The molecule has 1 amide bonds. The van der Waals surface area contributed by atoms with Gasteiger partial charge in [-0.2, -0.15) is 0 Å². The first kappa shape index (κ1) is 19.5. The molecule has 0 aliphatic rings. The predicted octanol–water partition coefficient (Wildman–Crippen LogP) is 5.09. The molecule has 0 saturated carbocycles. The van der Waals surface area contributed by atoms with E-state index in [1.54, 1.807) is 6.07 Å². The Labute approximate surface area is 173 Å². The van der Waals surface area contributed by atoms with E-state index in [1.807, 2.05) is 74.5 Å². The summed E-state index contributed by atoms with van der Waals surface area (Å²) in [5.41, 5.74) is 4.15. The van der Waals surface area contributed by atoms with Gasteiger partial charge in [0.05, 0.1) is 0 Å². The first-order valence-electron chi connectivity index (χ1n) is 9.64. The van der Waals surface area contributed by atoms with Crippen molar-refractivity contribution in [2.45, 2.75) is 13.8 Å². The van der Waals surface area contributed by atoms with Crippen molar-refractivity contribution < 1.29 is 13.9 Å². The number of nitrogens with one attached hydrogen (secondary N) is 1. The topological polar surface area (TPSA) is 68.5 Å². The number of carbonyl (C=O) groups excluding carboxylic acids is 1. The number of hydrogen-bond donors (Lipinski definition) is 1. The molecule has 1 heterocycles. The number of amides is 1. The summed E-state index contributed by atoms with van der Waals surface area (Å²) in [5, 5.41) is 3.65. The van der Waals surface area contributed by atoms with Gasteiger partial charge < -0.3 is 14.5 Å². The number of para-hydroxylation sites is 1. The number of aryl methyl sites for hydroxylation is 2. The van der Waals surface area contributed by atoms with Crippen molar-refractivity contribution >= 4 is 22.6 Å². The van der Waals surface area contributed by atoms with E-state index in [2.05, 4.69) is 5.32 Å². The van der Waals surface area contributed by atoms with Crippen molar-refractivity contribution in [3.8, 4) is 16.9 Å². The molecule has 4 rings (SSSR count). The van der Waals surface area contributed by atoms with Gasteiger partial charge in [0, 0.05) is 22.7 Å². The molecule has 0 bridgehead atoms. The molecule has 5 nitrogen and oxygen atoms in total. The Morgan fingerprint density at radius 2 is 1.70 bits per heavy atom. The highest BCUT2D eigenvalue weighted by Crippen LogP contribution is 2.33. The van der Waals surface area contributed by atoms with Gasteiger partial charge in [0.2, 0.25) is 0 Å². The molecule has 0 fully saturated rings. The van der Waals surface area contributed by atoms with Crippen molar-refractivity contribution in [1.29, 1.82) is 0 Å². The fourth-order valence-electron chi connectivity index (χ4n) is 3.40. The van der Waals surface area contributed by atoms with Crippen LogP contribution in [0.1, 0.15) is 11.1 Å². The molecule has 0 aliphatic heterocycles. The minimum Gasteiger partial charge on any atom is -0.483 e. The Hall–Kier alpha value is -3.86. The standard InChI is InChI=1S/C25H21NO4/c1-16-8-6-7-11-21(16)26-23(27)15-29-22-13-12-19-20(18-9-4-3-5-10-18)14-24(28)30-25(19)17(22)2/h3-14H,15H2,1-2H3,(H,26,27). The highest BCUT2D eigenvalue weighted by atomic mass is 16.5. The Bertz CT molecular complexity index is 1280. The highest BCUT2D eigenvalue weighted by molar-refractivity contribution is 5.96. The number of benzene rings is 3. The number of ether oxygens (including phenoxy) is 1. The first-order chi connectivity index (χ1) is 14.5. The number of hydrogen-bond acceptors (Lipinski definition) is 4. The van der Waals surface area contributed by atoms with Crippen LogP contribution in [0.4, 0.5) is 5.69 Å². The van der Waals surface area contributed by atoms with Crippen LogP contribution in [0.15, 0.2) is 82.0 Å². The van der Waals surface area contributed by atoms with Gasteiger partial charge >= 0.3 is 5.63 Å². The van der Waals surface area contributed by atoms with E-state index in [0.29, 0.717) is 16.9 Å². The molecule has 4 aromatic rings. The monoisotopic (exact) mass is 399 g/mol. The maximum atomic E-state index is 12.3. The summed E-state index contributed by atoms with van der Waals surface area (Å²) in [4.78, 5) is 24.5. The number of anilines is 1. The van der Waals surface area contributed by atoms with E-state index in [9.17, 15) is 9.59 Å². The normalized spacial score (nSPS) is 10.7. The second kappa shape index (κ2) is 8.25. The lowest BCUT2D eigenvalue weighted by molar-refractivity contribution is -0.118. The highest BCUT2D eigenvalue weighted by Gasteiger charge is 2.14. The maximum Gasteiger partial charge on any atom is 0.336 e. The van der Waals surface area contributed by atoms with E-state index in [4.69, 9.17) is 9.15 Å². The Morgan fingerprint density at radius 3 is 2.47 bits per heavy atom. The minimum atomic E-state index is -0.432. The van der Waals surface area contributed by atoms with Crippen LogP contribution in [-0.4, -0.2) is 12.5 Å². The van der Waals surface area contributed by atoms with Crippen molar-refractivity contribution in [2.24, 2.45) is 0 Å². The van der Waals surface area contributed by atoms with Crippen LogP contribution in [0.5, 0.6) is 5.75 Å². The van der Waals surface area contributed by atoms with Crippen LogP contribution in [-0.2, 0) is 4.79 Å². The molecule has 150 valence electrons. The SMILES string of the molecule is Cc1ccccc1NC(=O)COc1ccc2c(-c3ccccc3)cc(=O)oc2c1C. The molecule has 1 N–H and O–H groups in total. The van der Waals surface area contributed by atoms with Gasteiger partial charge in [0.15, 0.2) is 6.61 Å². The summed E-state index contributed by atoms with van der Waals surface area (Å²) in [6.07, 6.45) is 0. The molecule has 0 radical (unpaired) electrons. The fourth-order valence-corrected chi connectivity index (χ4v) is 3.40. The number of fused-ring (bicyclic) bond motifs is 1. The molecule has 1 aromatic heterocycles. The molecule has 5 heteroatoms. The van der Waals surface area contributed by atoms with Gasteiger partial charge in [-0.3, -0.25) is 4.79 Å².